The van der Waals surface area contributed by atoms with Gasteiger partial charge in [0.05, 0.1) is 30.6 Å². The first-order valence-corrected chi connectivity index (χ1v) is 11.4. The lowest BCUT2D eigenvalue weighted by Gasteiger charge is -2.54. The molecule has 8 heteroatoms. The van der Waals surface area contributed by atoms with Gasteiger partial charge in [0.2, 0.25) is 10.0 Å². The van der Waals surface area contributed by atoms with E-state index >= 15 is 0 Å². The highest BCUT2D eigenvalue weighted by atomic mass is 32.2. The van der Waals surface area contributed by atoms with E-state index in [2.05, 4.69) is 0 Å². The summed E-state index contributed by atoms with van der Waals surface area (Å²) in [4.78, 5) is 12.8. The summed E-state index contributed by atoms with van der Waals surface area (Å²) >= 11 is 0. The molecular formula is C21H27NO6S. The lowest BCUT2D eigenvalue weighted by atomic mass is 9.62. The zero-order valence-electron chi connectivity index (χ0n) is 16.9. The molecule has 2 bridgehead atoms. The average molecular weight is 422 g/mol. The van der Waals surface area contributed by atoms with Gasteiger partial charge >= 0.3 is 5.97 Å². The van der Waals surface area contributed by atoms with Crippen molar-refractivity contribution in [3.8, 4) is 0 Å². The highest BCUT2D eigenvalue weighted by molar-refractivity contribution is 7.89. The van der Waals surface area contributed by atoms with Crippen molar-refractivity contribution in [2.45, 2.75) is 43.4 Å². The number of allylic oxidation sites excluding steroid dienone is 1. The number of piperidine rings is 1. The van der Waals surface area contributed by atoms with Crippen LogP contribution >= 0.6 is 0 Å². The lowest BCUT2D eigenvalue weighted by Crippen LogP contribution is -2.67. The van der Waals surface area contributed by atoms with Crippen LogP contribution in [0.3, 0.4) is 0 Å². The number of esters is 1. The van der Waals surface area contributed by atoms with Crippen molar-refractivity contribution in [2.24, 2.45) is 17.8 Å². The van der Waals surface area contributed by atoms with E-state index in [4.69, 9.17) is 9.47 Å². The minimum atomic E-state index is -3.86. The highest BCUT2D eigenvalue weighted by Crippen LogP contribution is 2.54. The van der Waals surface area contributed by atoms with E-state index in [1.165, 1.54) is 11.4 Å². The zero-order valence-corrected chi connectivity index (χ0v) is 17.7. The Morgan fingerprint density at radius 1 is 1.34 bits per heavy atom. The van der Waals surface area contributed by atoms with E-state index in [0.29, 0.717) is 12.8 Å². The number of hydrogen-bond acceptors (Lipinski definition) is 6. The predicted molar refractivity (Wildman–Crippen MR) is 105 cm³/mol. The molecule has 4 rings (SSSR count). The summed E-state index contributed by atoms with van der Waals surface area (Å²) < 4.78 is 39.1. The van der Waals surface area contributed by atoms with Crippen molar-refractivity contribution in [2.75, 3.05) is 20.3 Å². The van der Waals surface area contributed by atoms with Crippen molar-refractivity contribution in [1.82, 2.24) is 4.31 Å². The highest BCUT2D eigenvalue weighted by Gasteiger charge is 2.65. The van der Waals surface area contributed by atoms with Gasteiger partial charge in [0.15, 0.2) is 5.79 Å². The SMILES string of the molecule is C/C=C1/CN(S(=O)(=O)c2ccc(C)cc2)[C@H]2C[C@@H]1[C@@H](C(=O)OC)[C@@H]1CCO[C@]21O. The molecule has 158 valence electrons. The molecule has 1 aromatic rings. The Morgan fingerprint density at radius 2 is 2.03 bits per heavy atom. The number of rotatable bonds is 3. The Balaban J connectivity index is 1.80. The van der Waals surface area contributed by atoms with Crippen LogP contribution in [0, 0.1) is 24.7 Å². The lowest BCUT2D eigenvalue weighted by molar-refractivity contribution is -0.259. The summed E-state index contributed by atoms with van der Waals surface area (Å²) in [6, 6.07) is 5.94. The third-order valence-corrected chi connectivity index (χ3v) is 8.62. The topological polar surface area (TPSA) is 93.1 Å². The van der Waals surface area contributed by atoms with Crippen LogP contribution in [0.5, 0.6) is 0 Å². The van der Waals surface area contributed by atoms with Crippen molar-refractivity contribution >= 4 is 16.0 Å². The number of aliphatic hydroxyl groups is 1. The monoisotopic (exact) mass is 421 g/mol. The summed E-state index contributed by atoms with van der Waals surface area (Å²) in [6.45, 7) is 4.15. The van der Waals surface area contributed by atoms with Gasteiger partial charge in [-0.15, -0.1) is 0 Å². The van der Waals surface area contributed by atoms with E-state index in [9.17, 15) is 18.3 Å². The van der Waals surface area contributed by atoms with Crippen LogP contribution in [0.4, 0.5) is 0 Å². The van der Waals surface area contributed by atoms with Crippen LogP contribution in [0.25, 0.3) is 0 Å². The molecule has 3 fully saturated rings. The number of carbonyl (C=O) groups excluding carboxylic acids is 1. The molecule has 1 aliphatic carbocycles. The zero-order chi connectivity index (χ0) is 21.0. The van der Waals surface area contributed by atoms with Gasteiger partial charge in [-0.1, -0.05) is 29.3 Å². The van der Waals surface area contributed by atoms with Crippen molar-refractivity contribution in [3.05, 3.63) is 41.5 Å². The minimum Gasteiger partial charge on any atom is -0.469 e. The van der Waals surface area contributed by atoms with Crippen LogP contribution in [-0.4, -0.2) is 55.9 Å². The van der Waals surface area contributed by atoms with Gasteiger partial charge < -0.3 is 14.6 Å². The molecule has 0 unspecified atom stereocenters. The first-order valence-electron chi connectivity index (χ1n) is 9.91. The molecule has 5 atom stereocenters. The molecule has 1 saturated carbocycles. The smallest absolute Gasteiger partial charge is 0.309 e. The molecule has 0 aromatic heterocycles. The van der Waals surface area contributed by atoms with Crippen LogP contribution < -0.4 is 0 Å². The Morgan fingerprint density at radius 3 is 2.66 bits per heavy atom. The number of nitrogens with zero attached hydrogens (tertiary/aromatic N) is 1. The molecule has 0 spiro atoms. The number of fused-ring (bicyclic) bond motifs is 4. The molecule has 0 amide bonds. The van der Waals surface area contributed by atoms with E-state index < -0.39 is 33.7 Å². The Hall–Kier alpha value is -1.74. The molecule has 2 aliphatic heterocycles. The molecule has 3 aliphatic rings. The second kappa shape index (κ2) is 7.19. The second-order valence-corrected chi connectivity index (χ2v) is 10.0. The maximum atomic E-state index is 13.5. The van der Waals surface area contributed by atoms with Crippen molar-refractivity contribution in [3.63, 3.8) is 0 Å². The molecule has 0 radical (unpaired) electrons. The van der Waals surface area contributed by atoms with E-state index in [1.807, 2.05) is 19.9 Å². The summed E-state index contributed by atoms with van der Waals surface area (Å²) in [5.41, 5.74) is 1.84. The number of benzene rings is 1. The summed E-state index contributed by atoms with van der Waals surface area (Å²) in [6.07, 6.45) is 2.69. The van der Waals surface area contributed by atoms with Crippen molar-refractivity contribution < 1.29 is 27.8 Å². The van der Waals surface area contributed by atoms with Gasteiger partial charge in [-0.3, -0.25) is 4.79 Å². The first kappa shape index (κ1) is 20.5. The quantitative estimate of drug-likeness (QED) is 0.591. The average Bonchev–Trinajstić information content (AvgIpc) is 3.10. The normalized spacial score (nSPS) is 36.1. The number of ether oxygens (including phenoxy) is 2. The Kier molecular flexibility index (Phi) is 5.09. The fourth-order valence-corrected chi connectivity index (χ4v) is 6.90. The minimum absolute atomic E-state index is 0.119. The maximum absolute atomic E-state index is 13.5. The van der Waals surface area contributed by atoms with Crippen LogP contribution in [0.15, 0.2) is 40.8 Å². The number of hydrogen-bond donors (Lipinski definition) is 1. The van der Waals surface area contributed by atoms with Gasteiger partial charge in [-0.2, -0.15) is 4.31 Å². The first-order chi connectivity index (χ1) is 13.7. The van der Waals surface area contributed by atoms with Gasteiger partial charge in [0.25, 0.3) is 0 Å². The second-order valence-electron chi connectivity index (χ2n) is 8.13. The van der Waals surface area contributed by atoms with Crippen LogP contribution in [0.1, 0.15) is 25.3 Å². The molecule has 1 N–H and O–H groups in total. The predicted octanol–water partition coefficient (Wildman–Crippen LogP) is 1.85. The standard InChI is InChI=1S/C21H27NO6S/c1-4-14-12-22(29(25,26)15-7-5-13(2)6-8-15)18-11-16(14)19(20(23)27-3)17-9-10-28-21(17,18)24/h4-8,16-19,24H,9-12H2,1-3H3/b14-4-/t16-,17-,18-,19+,21-/m0/s1. The Labute approximate surface area is 171 Å². The fraction of sp³-hybridized carbons (Fsp3) is 0.571. The van der Waals surface area contributed by atoms with Crippen molar-refractivity contribution in [1.29, 1.82) is 0 Å². The fourth-order valence-electron chi connectivity index (χ4n) is 5.26. The largest absolute Gasteiger partial charge is 0.469 e. The van der Waals surface area contributed by atoms with E-state index in [1.54, 1.807) is 24.3 Å². The van der Waals surface area contributed by atoms with Crippen LogP contribution in [0.2, 0.25) is 0 Å². The molecule has 2 heterocycles. The summed E-state index contributed by atoms with van der Waals surface area (Å²) in [7, 11) is -2.51. The van der Waals surface area contributed by atoms with Gasteiger partial charge in [0.1, 0.15) is 0 Å². The van der Waals surface area contributed by atoms with E-state index in [0.717, 1.165) is 11.1 Å². The summed E-state index contributed by atoms with van der Waals surface area (Å²) in [5, 5.41) is 11.5. The number of sulfonamides is 1. The van der Waals surface area contributed by atoms with Gasteiger partial charge in [-0.05, 0) is 44.7 Å². The Bertz CT molecular complexity index is 940. The molecule has 1 aromatic carbocycles. The molecule has 2 saturated heterocycles. The number of methoxy groups -OCH3 is 1. The van der Waals surface area contributed by atoms with E-state index in [-0.39, 0.29) is 29.9 Å². The molecule has 29 heavy (non-hydrogen) atoms. The third kappa shape index (κ3) is 3.04. The third-order valence-electron chi connectivity index (χ3n) is 6.75. The number of aryl methyl sites for hydroxylation is 1. The summed E-state index contributed by atoms with van der Waals surface area (Å²) in [5.74, 6) is -3.30. The van der Waals surface area contributed by atoms with Gasteiger partial charge in [-0.25, -0.2) is 8.42 Å². The number of carbonyl (C=O) groups is 1. The maximum Gasteiger partial charge on any atom is 0.309 e. The molecular weight excluding hydrogens is 394 g/mol. The van der Waals surface area contributed by atoms with Crippen LogP contribution in [-0.2, 0) is 24.3 Å². The molecule has 7 nitrogen and oxygen atoms in total. The van der Waals surface area contributed by atoms with Gasteiger partial charge in [0, 0.05) is 12.5 Å².